The highest BCUT2D eigenvalue weighted by Crippen LogP contribution is 2.46. The van der Waals surface area contributed by atoms with E-state index in [0.717, 1.165) is 25.0 Å². The monoisotopic (exact) mass is 332 g/mol. The molecule has 1 amide bonds. The third kappa shape index (κ3) is 2.71. The molecule has 0 spiro atoms. The van der Waals surface area contributed by atoms with Crippen LogP contribution in [0.2, 0.25) is 0 Å². The lowest BCUT2D eigenvalue weighted by molar-refractivity contribution is -0.185. The second-order valence-corrected chi connectivity index (χ2v) is 5.69. The van der Waals surface area contributed by atoms with Crippen molar-refractivity contribution in [3.05, 3.63) is 41.5 Å². The maximum absolute atomic E-state index is 14.3. The van der Waals surface area contributed by atoms with Gasteiger partial charge in [0.15, 0.2) is 17.2 Å². The molecule has 0 saturated heterocycles. The number of fused-ring (bicyclic) bond motifs is 1. The zero-order valence-electron chi connectivity index (χ0n) is 11.8. The van der Waals surface area contributed by atoms with Crippen LogP contribution in [0.5, 0.6) is 0 Å². The average Bonchev–Trinajstić information content (AvgIpc) is 3.27. The fraction of sp³-hybridized carbons (Fsp3) is 0.400. The van der Waals surface area contributed by atoms with Crippen molar-refractivity contribution in [2.45, 2.75) is 24.6 Å². The van der Waals surface area contributed by atoms with E-state index in [-0.39, 0.29) is 5.92 Å². The number of carbonyl (C=O) groups is 1. The highest BCUT2D eigenvalue weighted by atomic mass is 19.4. The number of allylic oxidation sites excluding steroid dienone is 1. The summed E-state index contributed by atoms with van der Waals surface area (Å²) in [4.78, 5) is 11.6. The predicted octanol–water partition coefficient (Wildman–Crippen LogP) is 3.23. The maximum atomic E-state index is 14.3. The summed E-state index contributed by atoms with van der Waals surface area (Å²) in [6.45, 7) is -0.676. The minimum atomic E-state index is -4.96. The Morgan fingerprint density at radius 2 is 1.91 bits per heavy atom. The Labute approximate surface area is 128 Å². The van der Waals surface area contributed by atoms with Gasteiger partial charge < -0.3 is 5.32 Å². The molecule has 2 N–H and O–H groups in total. The Hall–Kier alpha value is -1.96. The van der Waals surface area contributed by atoms with Crippen LogP contribution in [0.4, 0.5) is 27.6 Å². The average molecular weight is 332 g/mol. The molecule has 124 valence electrons. The van der Waals surface area contributed by atoms with Crippen LogP contribution in [0.3, 0.4) is 0 Å². The topological polar surface area (TPSA) is 41.1 Å². The number of carbonyl (C=O) groups excluding carboxylic acids is 1. The van der Waals surface area contributed by atoms with Crippen LogP contribution in [-0.2, 0) is 10.3 Å². The molecule has 1 saturated carbocycles. The van der Waals surface area contributed by atoms with Gasteiger partial charge in [-0.15, -0.1) is 0 Å². The summed E-state index contributed by atoms with van der Waals surface area (Å²) < 4.78 is 69.3. The van der Waals surface area contributed by atoms with Gasteiger partial charge in [0, 0.05) is 11.3 Å². The van der Waals surface area contributed by atoms with E-state index >= 15 is 0 Å². The fourth-order valence-electron chi connectivity index (χ4n) is 2.59. The number of hydrogen-bond acceptors (Lipinski definition) is 2. The van der Waals surface area contributed by atoms with E-state index in [2.05, 4.69) is 10.6 Å². The highest BCUT2D eigenvalue weighted by molar-refractivity contribution is 5.94. The van der Waals surface area contributed by atoms with Crippen molar-refractivity contribution >= 4 is 11.6 Å². The van der Waals surface area contributed by atoms with Crippen molar-refractivity contribution in [1.82, 2.24) is 5.32 Å². The van der Waals surface area contributed by atoms with Crippen molar-refractivity contribution in [3.8, 4) is 0 Å². The first-order valence-electron chi connectivity index (χ1n) is 7.04. The zero-order chi connectivity index (χ0) is 16.8. The largest absolute Gasteiger partial charge is 0.414 e. The minimum absolute atomic E-state index is 0.0111. The first-order valence-corrected chi connectivity index (χ1v) is 7.04. The van der Waals surface area contributed by atoms with Crippen LogP contribution in [0, 0.1) is 17.6 Å². The number of rotatable bonds is 2. The number of benzene rings is 1. The van der Waals surface area contributed by atoms with Crippen LogP contribution in [0.1, 0.15) is 18.4 Å². The first-order chi connectivity index (χ1) is 10.7. The second-order valence-electron chi connectivity index (χ2n) is 5.69. The molecule has 1 aliphatic carbocycles. The van der Waals surface area contributed by atoms with E-state index < -0.39 is 47.1 Å². The maximum Gasteiger partial charge on any atom is 0.414 e. The highest BCUT2D eigenvalue weighted by Gasteiger charge is 2.58. The number of alkyl halides is 3. The van der Waals surface area contributed by atoms with Crippen LogP contribution in [0.15, 0.2) is 24.3 Å². The van der Waals surface area contributed by atoms with Gasteiger partial charge >= 0.3 is 6.18 Å². The summed E-state index contributed by atoms with van der Waals surface area (Å²) in [7, 11) is 0. The van der Waals surface area contributed by atoms with Gasteiger partial charge in [0.2, 0.25) is 5.91 Å². The number of halogens is 5. The summed E-state index contributed by atoms with van der Waals surface area (Å²) in [5, 5.41) is 4.24. The molecular formula is C15H13F5N2O. The Morgan fingerprint density at radius 1 is 1.22 bits per heavy atom. The molecule has 2 aliphatic rings. The fourth-order valence-corrected chi connectivity index (χ4v) is 2.59. The summed E-state index contributed by atoms with van der Waals surface area (Å²) >= 11 is 0. The van der Waals surface area contributed by atoms with Gasteiger partial charge in [-0.05, 0) is 30.9 Å². The van der Waals surface area contributed by atoms with Gasteiger partial charge in [-0.25, -0.2) is 8.78 Å². The van der Waals surface area contributed by atoms with Gasteiger partial charge in [-0.3, -0.25) is 10.1 Å². The molecular weight excluding hydrogens is 319 g/mol. The van der Waals surface area contributed by atoms with Crippen LogP contribution in [0.25, 0.3) is 0 Å². The lowest BCUT2D eigenvalue weighted by atomic mass is 9.86. The lowest BCUT2D eigenvalue weighted by Crippen LogP contribution is -2.53. The van der Waals surface area contributed by atoms with Gasteiger partial charge in [-0.2, -0.15) is 13.2 Å². The summed E-state index contributed by atoms with van der Waals surface area (Å²) in [5.41, 5.74) is -4.31. The predicted molar refractivity (Wildman–Crippen MR) is 72.6 cm³/mol. The van der Waals surface area contributed by atoms with Crippen LogP contribution in [-0.4, -0.2) is 18.6 Å². The zero-order valence-corrected chi connectivity index (χ0v) is 11.8. The number of amides is 1. The summed E-state index contributed by atoms with van der Waals surface area (Å²) in [6, 6.07) is 1.62. The molecule has 0 bridgehead atoms. The number of hydrogen-bond donors (Lipinski definition) is 2. The molecule has 3 rings (SSSR count). The van der Waals surface area contributed by atoms with Crippen LogP contribution >= 0.6 is 0 Å². The van der Waals surface area contributed by atoms with Gasteiger partial charge in [0.1, 0.15) is 0 Å². The molecule has 0 aromatic heterocycles. The molecule has 1 fully saturated rings. The molecule has 3 nitrogen and oxygen atoms in total. The Balaban J connectivity index is 2.26. The van der Waals surface area contributed by atoms with E-state index in [1.54, 1.807) is 0 Å². The smallest absolute Gasteiger partial charge is 0.325 e. The third-order valence-electron chi connectivity index (χ3n) is 3.98. The van der Waals surface area contributed by atoms with E-state index in [0.29, 0.717) is 6.07 Å². The molecule has 1 aromatic carbocycles. The number of anilines is 1. The standard InChI is InChI=1S/C15H13F5N2O/c16-9-3-4-10-12(13(9)17)14(15(18,19)20,6-5-8-1-2-8)21-7-11(23)22-10/h3-6,8,21H,1-2,7H2,(H,22,23)/b6-5-. The normalized spacial score (nSPS) is 25.2. The summed E-state index contributed by atoms with van der Waals surface area (Å²) in [5.74, 6) is -3.81. The Bertz CT molecular complexity index is 681. The van der Waals surface area contributed by atoms with Crippen molar-refractivity contribution in [3.63, 3.8) is 0 Å². The SMILES string of the molecule is O=C1CNC(/C=C\C2CC2)(C(F)(F)F)c2c(ccc(F)c2F)N1. The van der Waals surface area contributed by atoms with Gasteiger partial charge in [0.05, 0.1) is 6.54 Å². The minimum Gasteiger partial charge on any atom is -0.325 e. The van der Waals surface area contributed by atoms with E-state index in [1.165, 1.54) is 6.08 Å². The Kier molecular flexibility index (Phi) is 3.66. The molecule has 0 radical (unpaired) electrons. The van der Waals surface area contributed by atoms with Crippen molar-refractivity contribution < 1.29 is 26.7 Å². The van der Waals surface area contributed by atoms with E-state index in [1.807, 2.05) is 0 Å². The molecule has 1 unspecified atom stereocenters. The molecule has 23 heavy (non-hydrogen) atoms. The van der Waals surface area contributed by atoms with Crippen molar-refractivity contribution in [1.29, 1.82) is 0 Å². The molecule has 1 heterocycles. The molecule has 8 heteroatoms. The molecule has 1 atom stereocenters. The van der Waals surface area contributed by atoms with Gasteiger partial charge in [0.25, 0.3) is 0 Å². The second kappa shape index (κ2) is 5.30. The van der Waals surface area contributed by atoms with E-state index in [4.69, 9.17) is 0 Å². The number of nitrogens with one attached hydrogen (secondary N) is 2. The van der Waals surface area contributed by atoms with Gasteiger partial charge in [-0.1, -0.05) is 12.2 Å². The van der Waals surface area contributed by atoms with Crippen molar-refractivity contribution in [2.24, 2.45) is 5.92 Å². The first kappa shape index (κ1) is 15.9. The molecule has 1 aromatic rings. The van der Waals surface area contributed by atoms with Crippen LogP contribution < -0.4 is 10.6 Å². The quantitative estimate of drug-likeness (QED) is 0.645. The Morgan fingerprint density at radius 3 is 2.52 bits per heavy atom. The van der Waals surface area contributed by atoms with E-state index in [9.17, 15) is 26.7 Å². The third-order valence-corrected chi connectivity index (χ3v) is 3.98. The lowest BCUT2D eigenvalue weighted by Gasteiger charge is -2.34. The summed E-state index contributed by atoms with van der Waals surface area (Å²) in [6.07, 6.45) is -1.33. The molecule has 1 aliphatic heterocycles. The van der Waals surface area contributed by atoms with Crippen molar-refractivity contribution in [2.75, 3.05) is 11.9 Å².